The van der Waals surface area contributed by atoms with Gasteiger partial charge in [0.05, 0.1) is 16.9 Å². The third-order valence-electron chi connectivity index (χ3n) is 4.44. The van der Waals surface area contributed by atoms with E-state index in [1.807, 2.05) is 6.07 Å². The first kappa shape index (κ1) is 14.3. The number of anilines is 1. The third kappa shape index (κ3) is 1.89. The van der Waals surface area contributed by atoms with Gasteiger partial charge in [0.15, 0.2) is 0 Å². The molecule has 120 valence electrons. The molecule has 1 aromatic heterocycles. The van der Waals surface area contributed by atoms with Crippen molar-refractivity contribution in [1.82, 2.24) is 9.78 Å². The van der Waals surface area contributed by atoms with E-state index < -0.39 is 22.0 Å². The smallest absolute Gasteiger partial charge is 0.304 e. The number of nitriles is 1. The van der Waals surface area contributed by atoms with Gasteiger partial charge in [0.1, 0.15) is 23.1 Å². The summed E-state index contributed by atoms with van der Waals surface area (Å²) in [6, 6.07) is 5.35. The SMILES string of the molecule is N#Cc1c(-c2ccc([N+](=O)[O-])c(F)c2)nn2c1NC(=O)CC21CC1. The molecule has 24 heavy (non-hydrogen) atoms. The van der Waals surface area contributed by atoms with Gasteiger partial charge < -0.3 is 5.32 Å². The van der Waals surface area contributed by atoms with E-state index in [2.05, 4.69) is 10.4 Å². The van der Waals surface area contributed by atoms with E-state index in [0.29, 0.717) is 12.2 Å². The highest BCUT2D eigenvalue weighted by molar-refractivity contribution is 5.95. The van der Waals surface area contributed by atoms with Crippen LogP contribution in [-0.4, -0.2) is 20.6 Å². The Morgan fingerprint density at radius 1 is 1.46 bits per heavy atom. The number of aromatic nitrogens is 2. The molecule has 2 heterocycles. The molecular formula is C15H10FN5O3. The molecule has 9 heteroatoms. The lowest BCUT2D eigenvalue weighted by Gasteiger charge is -2.23. The summed E-state index contributed by atoms with van der Waals surface area (Å²) in [7, 11) is 0. The summed E-state index contributed by atoms with van der Waals surface area (Å²) in [6.45, 7) is 0. The van der Waals surface area contributed by atoms with Gasteiger partial charge in [-0.1, -0.05) is 0 Å². The lowest BCUT2D eigenvalue weighted by atomic mass is 10.1. The minimum absolute atomic E-state index is 0.127. The zero-order valence-corrected chi connectivity index (χ0v) is 12.2. The summed E-state index contributed by atoms with van der Waals surface area (Å²) in [5, 5.41) is 27.2. The van der Waals surface area contributed by atoms with Crippen molar-refractivity contribution in [2.75, 3.05) is 5.32 Å². The van der Waals surface area contributed by atoms with Crippen LogP contribution in [0.5, 0.6) is 0 Å². The quantitative estimate of drug-likeness (QED) is 0.671. The van der Waals surface area contributed by atoms with Crippen LogP contribution in [0.2, 0.25) is 0 Å². The number of hydrogen-bond donors (Lipinski definition) is 1. The minimum Gasteiger partial charge on any atom is -0.310 e. The summed E-state index contributed by atoms with van der Waals surface area (Å²) in [5.74, 6) is -0.879. The third-order valence-corrected chi connectivity index (χ3v) is 4.44. The Hall–Kier alpha value is -3.28. The first-order valence-electron chi connectivity index (χ1n) is 7.23. The number of fused-ring (bicyclic) bond motifs is 2. The van der Waals surface area contributed by atoms with Crippen LogP contribution in [0.15, 0.2) is 18.2 Å². The van der Waals surface area contributed by atoms with Crippen molar-refractivity contribution in [1.29, 1.82) is 5.26 Å². The summed E-state index contributed by atoms with van der Waals surface area (Å²) in [4.78, 5) is 21.8. The molecule has 1 spiro atoms. The van der Waals surface area contributed by atoms with Crippen LogP contribution in [0.4, 0.5) is 15.9 Å². The van der Waals surface area contributed by atoms with Gasteiger partial charge in [-0.2, -0.15) is 14.8 Å². The van der Waals surface area contributed by atoms with Crippen LogP contribution in [0, 0.1) is 27.3 Å². The summed E-state index contributed by atoms with van der Waals surface area (Å²) in [5.41, 5.74) is -0.465. The summed E-state index contributed by atoms with van der Waals surface area (Å²) in [6.07, 6.45) is 1.86. The monoisotopic (exact) mass is 327 g/mol. The number of nitrogens with zero attached hydrogens (tertiary/aromatic N) is 4. The maximum absolute atomic E-state index is 13.9. The number of halogens is 1. The van der Waals surface area contributed by atoms with Crippen LogP contribution < -0.4 is 5.32 Å². The first-order valence-corrected chi connectivity index (χ1v) is 7.23. The predicted molar refractivity (Wildman–Crippen MR) is 79.4 cm³/mol. The molecule has 1 saturated carbocycles. The Morgan fingerprint density at radius 2 is 2.21 bits per heavy atom. The maximum atomic E-state index is 13.9. The van der Waals surface area contributed by atoms with Crippen LogP contribution in [0.25, 0.3) is 11.3 Å². The second-order valence-electron chi connectivity index (χ2n) is 5.97. The predicted octanol–water partition coefficient (Wildman–Crippen LogP) is 2.30. The molecular weight excluding hydrogens is 317 g/mol. The second-order valence-corrected chi connectivity index (χ2v) is 5.97. The standard InChI is InChI=1S/C15H10FN5O3/c16-10-5-8(1-2-11(10)21(23)24)13-9(7-17)14-18-12(22)6-15(3-4-15)20(14)19-13/h1-2,5H,3-4,6H2,(H,18,22). The van der Waals surface area contributed by atoms with Crippen molar-refractivity contribution in [3.8, 4) is 17.3 Å². The van der Waals surface area contributed by atoms with E-state index in [1.165, 1.54) is 6.07 Å². The largest absolute Gasteiger partial charge is 0.310 e. The number of nitro benzene ring substituents is 1. The fraction of sp³-hybridized carbons (Fsp3) is 0.267. The minimum atomic E-state index is -1.00. The molecule has 1 aliphatic carbocycles. The topological polar surface area (TPSA) is 114 Å². The van der Waals surface area contributed by atoms with Crippen molar-refractivity contribution in [2.24, 2.45) is 0 Å². The van der Waals surface area contributed by atoms with Gasteiger partial charge in [0.2, 0.25) is 11.7 Å². The molecule has 1 aromatic carbocycles. The number of hydrogen-bond acceptors (Lipinski definition) is 5. The lowest BCUT2D eigenvalue weighted by Crippen LogP contribution is -2.33. The van der Waals surface area contributed by atoms with E-state index >= 15 is 0 Å². The molecule has 1 N–H and O–H groups in total. The molecule has 8 nitrogen and oxygen atoms in total. The number of nitrogens with one attached hydrogen (secondary N) is 1. The zero-order valence-electron chi connectivity index (χ0n) is 12.2. The van der Waals surface area contributed by atoms with Gasteiger partial charge in [0, 0.05) is 11.6 Å². The van der Waals surface area contributed by atoms with Gasteiger partial charge in [-0.05, 0) is 25.0 Å². The Morgan fingerprint density at radius 3 is 2.79 bits per heavy atom. The van der Waals surface area contributed by atoms with Gasteiger partial charge in [-0.25, -0.2) is 4.68 Å². The van der Waals surface area contributed by atoms with Crippen LogP contribution in [-0.2, 0) is 10.3 Å². The number of carbonyl (C=O) groups excluding carboxylic acids is 1. The molecule has 0 atom stereocenters. The highest BCUT2D eigenvalue weighted by Crippen LogP contribution is 2.51. The van der Waals surface area contributed by atoms with Crippen LogP contribution in [0.3, 0.4) is 0 Å². The molecule has 0 bridgehead atoms. The summed E-state index contributed by atoms with van der Waals surface area (Å²) < 4.78 is 15.5. The van der Waals surface area contributed by atoms with Crippen LogP contribution in [0.1, 0.15) is 24.8 Å². The maximum Gasteiger partial charge on any atom is 0.304 e. The highest BCUT2D eigenvalue weighted by atomic mass is 19.1. The zero-order chi connectivity index (χ0) is 17.1. The molecule has 2 aromatic rings. The van der Waals surface area contributed by atoms with Gasteiger partial charge >= 0.3 is 5.69 Å². The Balaban J connectivity index is 1.89. The molecule has 1 aliphatic heterocycles. The van der Waals surface area contributed by atoms with Gasteiger partial charge in [-0.15, -0.1) is 0 Å². The normalized spacial score (nSPS) is 17.1. The van der Waals surface area contributed by atoms with E-state index in [9.17, 15) is 24.6 Å². The van der Waals surface area contributed by atoms with E-state index in [-0.39, 0.29) is 22.7 Å². The first-order chi connectivity index (χ1) is 11.4. The number of benzene rings is 1. The molecule has 0 saturated heterocycles. The number of amides is 1. The van der Waals surface area contributed by atoms with Gasteiger partial charge in [0.25, 0.3) is 0 Å². The number of rotatable bonds is 2. The highest BCUT2D eigenvalue weighted by Gasteiger charge is 2.52. The van der Waals surface area contributed by atoms with Gasteiger partial charge in [-0.3, -0.25) is 14.9 Å². The fourth-order valence-corrected chi connectivity index (χ4v) is 3.07. The Bertz CT molecular complexity index is 955. The van der Waals surface area contributed by atoms with E-state index in [0.717, 1.165) is 25.0 Å². The van der Waals surface area contributed by atoms with E-state index in [1.54, 1.807) is 4.68 Å². The van der Waals surface area contributed by atoms with Crippen molar-refractivity contribution in [2.45, 2.75) is 24.8 Å². The van der Waals surface area contributed by atoms with Crippen LogP contribution >= 0.6 is 0 Å². The molecule has 4 rings (SSSR count). The molecule has 2 aliphatic rings. The van der Waals surface area contributed by atoms with Crippen molar-refractivity contribution in [3.05, 3.63) is 39.7 Å². The molecule has 1 fully saturated rings. The fourth-order valence-electron chi connectivity index (χ4n) is 3.07. The number of nitro groups is 1. The van der Waals surface area contributed by atoms with E-state index in [4.69, 9.17) is 0 Å². The van der Waals surface area contributed by atoms with Crippen molar-refractivity contribution in [3.63, 3.8) is 0 Å². The van der Waals surface area contributed by atoms with Crippen molar-refractivity contribution < 1.29 is 14.1 Å². The Labute approximate surface area is 134 Å². The average Bonchev–Trinajstić information content (AvgIpc) is 3.18. The molecule has 1 amide bonds. The lowest BCUT2D eigenvalue weighted by molar-refractivity contribution is -0.387. The average molecular weight is 327 g/mol. The second kappa shape index (κ2) is 4.61. The molecule has 0 radical (unpaired) electrons. The number of carbonyl (C=O) groups is 1. The summed E-state index contributed by atoms with van der Waals surface area (Å²) >= 11 is 0. The van der Waals surface area contributed by atoms with Crippen molar-refractivity contribution >= 4 is 17.4 Å². The molecule has 0 unspecified atom stereocenters. The Kier molecular flexibility index (Phi) is 2.75.